The number of rotatable bonds is 6. The molecule has 1 heterocycles. The van der Waals surface area contributed by atoms with Crippen LogP contribution in [-0.2, 0) is 6.54 Å². The second-order valence-corrected chi connectivity index (χ2v) is 5.45. The lowest BCUT2D eigenvalue weighted by Crippen LogP contribution is -2.27. The molecule has 10 heteroatoms. The number of nitro benzene ring substituents is 2. The van der Waals surface area contributed by atoms with E-state index in [1.54, 1.807) is 17.8 Å². The van der Waals surface area contributed by atoms with Gasteiger partial charge < -0.3 is 5.32 Å². The van der Waals surface area contributed by atoms with Crippen LogP contribution in [0, 0.1) is 27.2 Å². The van der Waals surface area contributed by atoms with E-state index >= 15 is 0 Å². The molecular weight excluding hydrogens is 330 g/mol. The van der Waals surface area contributed by atoms with Gasteiger partial charge in [-0.3, -0.25) is 29.7 Å². The number of aryl methyl sites for hydroxylation is 1. The molecule has 0 fully saturated rings. The molecule has 2 rings (SSSR count). The Hall–Kier alpha value is -3.30. The zero-order chi connectivity index (χ0) is 18.7. The maximum absolute atomic E-state index is 12.4. The average molecular weight is 347 g/mol. The summed E-state index contributed by atoms with van der Waals surface area (Å²) < 4.78 is 1.77. The zero-order valence-electron chi connectivity index (χ0n) is 13.9. The Morgan fingerprint density at radius 2 is 1.80 bits per heavy atom. The van der Waals surface area contributed by atoms with Crippen LogP contribution in [0.3, 0.4) is 0 Å². The molecular formula is C15H17N5O5. The SMILES string of the molecule is CCn1ncc(C(C)NC(=O)c2cc([N+](=O)[O-])cc([N+](=O)[O-])c2)c1C. The molecule has 2 aromatic rings. The molecule has 1 atom stereocenters. The number of hydrogen-bond donors (Lipinski definition) is 1. The van der Waals surface area contributed by atoms with Gasteiger partial charge in [0.1, 0.15) is 0 Å². The summed E-state index contributed by atoms with van der Waals surface area (Å²) >= 11 is 0. The molecule has 0 saturated heterocycles. The Kier molecular flexibility index (Phi) is 5.11. The van der Waals surface area contributed by atoms with Crippen molar-refractivity contribution >= 4 is 17.3 Å². The summed E-state index contributed by atoms with van der Waals surface area (Å²) in [6.07, 6.45) is 1.64. The Morgan fingerprint density at radius 1 is 1.24 bits per heavy atom. The van der Waals surface area contributed by atoms with Gasteiger partial charge in [-0.25, -0.2) is 0 Å². The quantitative estimate of drug-likeness (QED) is 0.630. The third kappa shape index (κ3) is 3.79. The molecule has 1 N–H and O–H groups in total. The molecule has 0 aliphatic rings. The summed E-state index contributed by atoms with van der Waals surface area (Å²) in [5.74, 6) is -0.636. The first-order valence-electron chi connectivity index (χ1n) is 7.51. The fourth-order valence-electron chi connectivity index (χ4n) is 2.50. The maximum Gasteiger partial charge on any atom is 0.277 e. The van der Waals surface area contributed by atoms with Crippen molar-refractivity contribution in [2.24, 2.45) is 0 Å². The summed E-state index contributed by atoms with van der Waals surface area (Å²) in [6, 6.07) is 2.43. The van der Waals surface area contributed by atoms with Crippen molar-refractivity contribution < 1.29 is 14.6 Å². The number of carbonyl (C=O) groups excluding carboxylic acids is 1. The van der Waals surface area contributed by atoms with Gasteiger partial charge in [0.05, 0.1) is 33.7 Å². The number of carbonyl (C=O) groups is 1. The van der Waals surface area contributed by atoms with Gasteiger partial charge >= 0.3 is 0 Å². The molecule has 1 aromatic carbocycles. The largest absolute Gasteiger partial charge is 0.345 e. The molecule has 1 amide bonds. The summed E-state index contributed by atoms with van der Waals surface area (Å²) in [5.41, 5.74) is 0.521. The normalized spacial score (nSPS) is 11.8. The zero-order valence-corrected chi connectivity index (χ0v) is 13.9. The lowest BCUT2D eigenvalue weighted by molar-refractivity contribution is -0.394. The lowest BCUT2D eigenvalue weighted by atomic mass is 10.1. The summed E-state index contributed by atoms with van der Waals surface area (Å²) in [7, 11) is 0. The standard InChI is InChI=1S/C15H17N5O5/c1-4-18-10(3)14(8-16-18)9(2)17-15(21)11-5-12(19(22)23)7-13(6-11)20(24)25/h5-9H,4H2,1-3H3,(H,17,21). The van der Waals surface area contributed by atoms with Crippen LogP contribution < -0.4 is 5.32 Å². The molecule has 1 aromatic heterocycles. The number of amides is 1. The third-order valence-electron chi connectivity index (χ3n) is 3.84. The van der Waals surface area contributed by atoms with Crippen LogP contribution in [-0.4, -0.2) is 25.5 Å². The third-order valence-corrected chi connectivity index (χ3v) is 3.84. The molecule has 0 radical (unpaired) electrons. The number of benzene rings is 1. The number of non-ortho nitro benzene ring substituents is 2. The highest BCUT2D eigenvalue weighted by atomic mass is 16.6. The minimum atomic E-state index is -0.775. The van der Waals surface area contributed by atoms with Crippen LogP contribution in [0.2, 0.25) is 0 Å². The number of nitrogens with zero attached hydrogens (tertiary/aromatic N) is 4. The van der Waals surface area contributed by atoms with Crippen LogP contribution in [0.5, 0.6) is 0 Å². The van der Waals surface area contributed by atoms with Crippen molar-refractivity contribution in [2.45, 2.75) is 33.4 Å². The van der Waals surface area contributed by atoms with Crippen molar-refractivity contribution in [3.8, 4) is 0 Å². The van der Waals surface area contributed by atoms with E-state index in [4.69, 9.17) is 0 Å². The second kappa shape index (κ2) is 7.07. The molecule has 0 spiro atoms. The summed E-state index contributed by atoms with van der Waals surface area (Å²) in [6.45, 7) is 6.24. The van der Waals surface area contributed by atoms with E-state index in [0.717, 1.165) is 29.5 Å². The van der Waals surface area contributed by atoms with Gasteiger partial charge in [-0.2, -0.15) is 5.10 Å². The number of aromatic nitrogens is 2. The van der Waals surface area contributed by atoms with Gasteiger partial charge in [0.15, 0.2) is 0 Å². The number of hydrogen-bond acceptors (Lipinski definition) is 6. The smallest absolute Gasteiger partial charge is 0.277 e. The van der Waals surface area contributed by atoms with Crippen LogP contribution in [0.4, 0.5) is 11.4 Å². The summed E-state index contributed by atoms with van der Waals surface area (Å²) in [4.78, 5) is 32.7. The van der Waals surface area contributed by atoms with E-state index < -0.39 is 33.2 Å². The van der Waals surface area contributed by atoms with Crippen molar-refractivity contribution in [2.75, 3.05) is 0 Å². The van der Waals surface area contributed by atoms with Crippen molar-refractivity contribution in [1.29, 1.82) is 0 Å². The topological polar surface area (TPSA) is 133 Å². The average Bonchev–Trinajstić information content (AvgIpc) is 2.94. The monoisotopic (exact) mass is 347 g/mol. The van der Waals surface area contributed by atoms with E-state index in [1.807, 2.05) is 13.8 Å². The van der Waals surface area contributed by atoms with Crippen LogP contribution in [0.25, 0.3) is 0 Å². The maximum atomic E-state index is 12.4. The molecule has 25 heavy (non-hydrogen) atoms. The van der Waals surface area contributed by atoms with Gasteiger partial charge in [0, 0.05) is 29.9 Å². The van der Waals surface area contributed by atoms with Gasteiger partial charge in [-0.15, -0.1) is 0 Å². The minimum Gasteiger partial charge on any atom is -0.345 e. The fraction of sp³-hybridized carbons (Fsp3) is 0.333. The molecule has 0 bridgehead atoms. The Morgan fingerprint density at radius 3 is 2.24 bits per heavy atom. The number of nitrogens with one attached hydrogen (secondary N) is 1. The first-order chi connectivity index (χ1) is 11.7. The van der Waals surface area contributed by atoms with Crippen molar-refractivity contribution in [3.05, 3.63) is 61.4 Å². The van der Waals surface area contributed by atoms with Crippen molar-refractivity contribution in [1.82, 2.24) is 15.1 Å². The molecule has 0 saturated carbocycles. The fourth-order valence-corrected chi connectivity index (χ4v) is 2.50. The van der Waals surface area contributed by atoms with E-state index in [0.29, 0.717) is 6.54 Å². The van der Waals surface area contributed by atoms with E-state index in [-0.39, 0.29) is 5.56 Å². The summed E-state index contributed by atoms with van der Waals surface area (Å²) in [5, 5.41) is 28.7. The highest BCUT2D eigenvalue weighted by molar-refractivity contribution is 5.95. The van der Waals surface area contributed by atoms with Gasteiger partial charge in [-0.1, -0.05) is 0 Å². The van der Waals surface area contributed by atoms with Crippen molar-refractivity contribution in [3.63, 3.8) is 0 Å². The van der Waals surface area contributed by atoms with Gasteiger partial charge in [0.2, 0.25) is 0 Å². The predicted molar refractivity (Wildman–Crippen MR) is 88.3 cm³/mol. The molecule has 132 valence electrons. The van der Waals surface area contributed by atoms with E-state index in [2.05, 4.69) is 10.4 Å². The highest BCUT2D eigenvalue weighted by Gasteiger charge is 2.22. The van der Waals surface area contributed by atoms with Gasteiger partial charge in [-0.05, 0) is 20.8 Å². The molecule has 1 unspecified atom stereocenters. The number of nitro groups is 2. The predicted octanol–water partition coefficient (Wildman–Crippen LogP) is 2.52. The second-order valence-electron chi connectivity index (χ2n) is 5.45. The van der Waals surface area contributed by atoms with Crippen LogP contribution in [0.1, 0.15) is 41.5 Å². The molecule has 10 nitrogen and oxygen atoms in total. The van der Waals surface area contributed by atoms with E-state index in [9.17, 15) is 25.0 Å². The first kappa shape index (κ1) is 18.0. The lowest BCUT2D eigenvalue weighted by Gasteiger charge is -2.14. The Bertz CT molecular complexity index is 813. The van der Waals surface area contributed by atoms with Gasteiger partial charge in [0.25, 0.3) is 17.3 Å². The highest BCUT2D eigenvalue weighted by Crippen LogP contribution is 2.24. The Balaban J connectivity index is 2.29. The van der Waals surface area contributed by atoms with Crippen LogP contribution in [0.15, 0.2) is 24.4 Å². The first-order valence-corrected chi connectivity index (χ1v) is 7.51. The Labute approximate surface area is 142 Å². The molecule has 0 aliphatic carbocycles. The molecule has 0 aliphatic heterocycles. The van der Waals surface area contributed by atoms with Crippen LogP contribution >= 0.6 is 0 Å². The van der Waals surface area contributed by atoms with E-state index in [1.165, 1.54) is 0 Å². The minimum absolute atomic E-state index is 0.145.